The number of H-pyrrole nitrogens is 1. The maximum atomic E-state index is 12.3. The topological polar surface area (TPSA) is 70.1 Å². The molecule has 0 saturated carbocycles. The number of nitrogens with one attached hydrogen (secondary N) is 1. The van der Waals surface area contributed by atoms with E-state index < -0.39 is 0 Å². The van der Waals surface area contributed by atoms with Gasteiger partial charge in [0.2, 0.25) is 0 Å². The molecule has 0 unspecified atom stereocenters. The van der Waals surface area contributed by atoms with Gasteiger partial charge in [-0.15, -0.1) is 10.2 Å². The van der Waals surface area contributed by atoms with Crippen LogP contribution in [0.4, 0.5) is 0 Å². The second-order valence-corrected chi connectivity index (χ2v) is 6.32. The van der Waals surface area contributed by atoms with Crippen LogP contribution in [0.3, 0.4) is 0 Å². The summed E-state index contributed by atoms with van der Waals surface area (Å²) in [6.45, 7) is 6.20. The third-order valence-corrected chi connectivity index (χ3v) is 4.73. The first-order valence-electron chi connectivity index (χ1n) is 7.38. The molecule has 2 aromatic heterocycles. The first-order valence-corrected chi connectivity index (χ1v) is 7.75. The van der Waals surface area contributed by atoms with Crippen LogP contribution < -0.4 is 0 Å². The predicted molar refractivity (Wildman–Crippen MR) is 80.7 cm³/mol. The zero-order valence-corrected chi connectivity index (χ0v) is 13.0. The van der Waals surface area contributed by atoms with E-state index in [2.05, 4.69) is 24.6 Å². The largest absolute Gasteiger partial charge is 0.356 e. The Morgan fingerprint density at radius 1 is 1.36 bits per heavy atom. The summed E-state index contributed by atoms with van der Waals surface area (Å²) in [4.78, 5) is 19.4. The first kappa shape index (κ1) is 13.8. The summed E-state index contributed by atoms with van der Waals surface area (Å²) in [6, 6.07) is 2.07. The number of aromatic amines is 1. The van der Waals surface area contributed by atoms with Gasteiger partial charge < -0.3 is 14.5 Å². The van der Waals surface area contributed by atoms with Crippen LogP contribution in [0, 0.1) is 6.92 Å². The number of rotatable bonds is 2. The minimum atomic E-state index is 0.0131. The van der Waals surface area contributed by atoms with E-state index in [1.54, 1.807) is 12.3 Å². The van der Waals surface area contributed by atoms with Gasteiger partial charge in [0.15, 0.2) is 0 Å². The monoisotopic (exact) mass is 320 g/mol. The molecule has 1 saturated heterocycles. The van der Waals surface area contributed by atoms with Crippen molar-refractivity contribution in [2.24, 2.45) is 0 Å². The molecule has 0 spiro atoms. The molecule has 0 atom stereocenters. The fourth-order valence-corrected chi connectivity index (χ4v) is 3.31. The Labute approximate surface area is 132 Å². The van der Waals surface area contributed by atoms with Gasteiger partial charge in [-0.1, -0.05) is 11.6 Å². The Balaban J connectivity index is 1.37. The number of fused-ring (bicyclic) bond motifs is 1. The van der Waals surface area contributed by atoms with E-state index in [9.17, 15) is 4.79 Å². The minimum Gasteiger partial charge on any atom is -0.356 e. The molecule has 1 amide bonds. The number of halogens is 1. The summed E-state index contributed by atoms with van der Waals surface area (Å²) in [5, 5.41) is 8.91. The normalized spacial score (nSPS) is 19.1. The van der Waals surface area contributed by atoms with Crippen molar-refractivity contribution >= 4 is 17.5 Å². The van der Waals surface area contributed by atoms with Crippen molar-refractivity contribution in [3.63, 3.8) is 0 Å². The highest BCUT2D eigenvalue weighted by Gasteiger charge is 2.37. The van der Waals surface area contributed by atoms with Gasteiger partial charge in [-0.3, -0.25) is 9.69 Å². The highest BCUT2D eigenvalue weighted by Crippen LogP contribution is 2.23. The summed E-state index contributed by atoms with van der Waals surface area (Å²) in [6.07, 6.45) is 1.63. The van der Waals surface area contributed by atoms with Crippen molar-refractivity contribution in [2.45, 2.75) is 26.1 Å². The first-order chi connectivity index (χ1) is 10.6. The zero-order chi connectivity index (χ0) is 15.3. The van der Waals surface area contributed by atoms with Gasteiger partial charge in [-0.05, 0) is 13.0 Å². The van der Waals surface area contributed by atoms with Gasteiger partial charge in [-0.25, -0.2) is 0 Å². The molecule has 2 aliphatic rings. The molecule has 0 aromatic carbocycles. The second kappa shape index (κ2) is 5.10. The average Bonchev–Trinajstić information content (AvgIpc) is 3.04. The highest BCUT2D eigenvalue weighted by molar-refractivity contribution is 6.30. The SMILES string of the molecule is Cc1nnc2n1CCN(C1CN(C(=O)c3cc(Cl)c[nH]3)C1)C2. The summed E-state index contributed by atoms with van der Waals surface area (Å²) in [7, 11) is 0. The van der Waals surface area contributed by atoms with E-state index in [4.69, 9.17) is 11.6 Å². The predicted octanol–water partition coefficient (Wildman–Crippen LogP) is 0.908. The number of hydrogen-bond acceptors (Lipinski definition) is 4. The van der Waals surface area contributed by atoms with Crippen molar-refractivity contribution in [3.05, 3.63) is 34.6 Å². The summed E-state index contributed by atoms with van der Waals surface area (Å²) >= 11 is 5.85. The summed E-state index contributed by atoms with van der Waals surface area (Å²) in [5.74, 6) is 2.01. The van der Waals surface area contributed by atoms with Crippen LogP contribution in [0.15, 0.2) is 12.3 Å². The molecule has 116 valence electrons. The van der Waals surface area contributed by atoms with E-state index in [0.29, 0.717) is 16.8 Å². The van der Waals surface area contributed by atoms with Crippen molar-refractivity contribution < 1.29 is 4.79 Å². The lowest BCUT2D eigenvalue weighted by Crippen LogP contribution is -2.62. The molecule has 8 heteroatoms. The lowest BCUT2D eigenvalue weighted by Gasteiger charge is -2.46. The number of aromatic nitrogens is 4. The molecule has 0 aliphatic carbocycles. The highest BCUT2D eigenvalue weighted by atomic mass is 35.5. The number of hydrogen-bond donors (Lipinski definition) is 1. The van der Waals surface area contributed by atoms with E-state index in [0.717, 1.165) is 44.4 Å². The Hall–Kier alpha value is -1.86. The number of nitrogens with zero attached hydrogens (tertiary/aromatic N) is 5. The fourth-order valence-electron chi connectivity index (χ4n) is 3.15. The molecule has 22 heavy (non-hydrogen) atoms. The number of aryl methyl sites for hydroxylation is 1. The summed E-state index contributed by atoms with van der Waals surface area (Å²) < 4.78 is 2.17. The van der Waals surface area contributed by atoms with Crippen molar-refractivity contribution in [2.75, 3.05) is 19.6 Å². The van der Waals surface area contributed by atoms with Crippen LogP contribution in [0.25, 0.3) is 0 Å². The Kier molecular flexibility index (Phi) is 3.19. The molecule has 2 aliphatic heterocycles. The number of likely N-dealkylation sites (tertiary alicyclic amines) is 1. The van der Waals surface area contributed by atoms with E-state index in [-0.39, 0.29) is 5.91 Å². The quantitative estimate of drug-likeness (QED) is 0.893. The van der Waals surface area contributed by atoms with Crippen molar-refractivity contribution in [1.29, 1.82) is 0 Å². The maximum absolute atomic E-state index is 12.3. The Morgan fingerprint density at radius 2 is 2.18 bits per heavy atom. The second-order valence-electron chi connectivity index (χ2n) is 5.88. The zero-order valence-electron chi connectivity index (χ0n) is 12.3. The van der Waals surface area contributed by atoms with Crippen molar-refractivity contribution in [3.8, 4) is 0 Å². The van der Waals surface area contributed by atoms with Crippen LogP contribution in [-0.2, 0) is 13.1 Å². The molecular formula is C14H17ClN6O. The van der Waals surface area contributed by atoms with E-state index in [1.807, 2.05) is 11.8 Å². The standard InChI is InChI=1S/C14H17ClN6O/c1-9-17-18-13-8-19(2-3-21(9)13)11-6-20(7-11)14(22)12-4-10(15)5-16-12/h4-5,11,16H,2-3,6-8H2,1H3. The van der Waals surface area contributed by atoms with Gasteiger partial charge in [0.1, 0.15) is 17.3 Å². The average molecular weight is 321 g/mol. The molecule has 2 aromatic rings. The van der Waals surface area contributed by atoms with Gasteiger partial charge in [0.05, 0.1) is 11.6 Å². The van der Waals surface area contributed by atoms with E-state index >= 15 is 0 Å². The molecule has 0 bridgehead atoms. The molecule has 4 rings (SSSR count). The molecule has 1 N–H and O–H groups in total. The fraction of sp³-hybridized carbons (Fsp3) is 0.500. The summed E-state index contributed by atoms with van der Waals surface area (Å²) in [5.41, 5.74) is 0.553. The van der Waals surface area contributed by atoms with Crippen LogP contribution >= 0.6 is 11.6 Å². The van der Waals surface area contributed by atoms with Crippen LogP contribution in [-0.4, -0.2) is 61.1 Å². The Morgan fingerprint density at radius 3 is 2.91 bits per heavy atom. The molecule has 7 nitrogen and oxygen atoms in total. The lowest BCUT2D eigenvalue weighted by atomic mass is 10.1. The third-order valence-electron chi connectivity index (χ3n) is 4.51. The van der Waals surface area contributed by atoms with Crippen LogP contribution in [0.1, 0.15) is 22.1 Å². The lowest BCUT2D eigenvalue weighted by molar-refractivity contribution is 0.0163. The number of carbonyl (C=O) groups is 1. The third kappa shape index (κ3) is 2.21. The smallest absolute Gasteiger partial charge is 0.270 e. The maximum Gasteiger partial charge on any atom is 0.270 e. The van der Waals surface area contributed by atoms with Gasteiger partial charge in [0.25, 0.3) is 5.91 Å². The van der Waals surface area contributed by atoms with Crippen molar-refractivity contribution in [1.82, 2.24) is 29.5 Å². The minimum absolute atomic E-state index is 0.0131. The molecular weight excluding hydrogens is 304 g/mol. The van der Waals surface area contributed by atoms with Gasteiger partial charge in [-0.2, -0.15) is 0 Å². The Bertz CT molecular complexity index is 717. The molecule has 0 radical (unpaired) electrons. The molecule has 4 heterocycles. The van der Waals surface area contributed by atoms with Gasteiger partial charge >= 0.3 is 0 Å². The van der Waals surface area contributed by atoms with Crippen LogP contribution in [0.2, 0.25) is 5.02 Å². The van der Waals surface area contributed by atoms with E-state index in [1.165, 1.54) is 0 Å². The van der Waals surface area contributed by atoms with Gasteiger partial charge in [0, 0.05) is 38.4 Å². The van der Waals surface area contributed by atoms with Crippen LogP contribution in [0.5, 0.6) is 0 Å². The number of amides is 1. The molecule has 1 fully saturated rings. The number of carbonyl (C=O) groups excluding carboxylic acids is 1.